The van der Waals surface area contributed by atoms with Crippen molar-refractivity contribution in [1.29, 1.82) is 5.26 Å². The van der Waals surface area contributed by atoms with E-state index in [0.29, 0.717) is 29.1 Å². The maximum atomic E-state index is 14.0. The Labute approximate surface area is 229 Å². The molecule has 0 aliphatic carbocycles. The van der Waals surface area contributed by atoms with Gasteiger partial charge in [-0.25, -0.2) is 28.1 Å². The summed E-state index contributed by atoms with van der Waals surface area (Å²) in [6.45, 7) is 1.42. The van der Waals surface area contributed by atoms with Gasteiger partial charge in [0.2, 0.25) is 0 Å². The molecule has 1 aromatic carbocycles. The number of imidazole rings is 2. The fourth-order valence-corrected chi connectivity index (χ4v) is 5.51. The van der Waals surface area contributed by atoms with Crippen LogP contribution in [-0.2, 0) is 29.9 Å². The molecule has 5 aromatic rings. The zero-order valence-corrected chi connectivity index (χ0v) is 22.3. The molecular weight excluding hydrogens is 571 g/mol. The molecule has 0 fully saturated rings. The molecule has 0 spiro atoms. The lowest BCUT2D eigenvalue weighted by Crippen LogP contribution is -2.33. The van der Waals surface area contributed by atoms with E-state index in [2.05, 4.69) is 20.1 Å². The van der Waals surface area contributed by atoms with Crippen LogP contribution >= 0.6 is 0 Å². The highest BCUT2D eigenvalue weighted by Crippen LogP contribution is 2.44. The first-order chi connectivity index (χ1) is 19.2. The summed E-state index contributed by atoms with van der Waals surface area (Å²) in [7, 11) is -1.08. The Hall–Kier alpha value is -4.65. The molecular formula is C25H19F5N8O2S. The summed E-state index contributed by atoms with van der Waals surface area (Å²) in [6, 6.07) is 9.23. The van der Waals surface area contributed by atoms with Gasteiger partial charge in [0.25, 0.3) is 0 Å². The van der Waals surface area contributed by atoms with Crippen molar-refractivity contribution in [3.05, 3.63) is 60.0 Å². The van der Waals surface area contributed by atoms with E-state index in [1.165, 1.54) is 41.0 Å². The minimum Gasteiger partial charge on any atom is -0.318 e. The third-order valence-corrected chi connectivity index (χ3v) is 8.25. The number of benzene rings is 1. The number of aryl methyl sites for hydroxylation is 1. The van der Waals surface area contributed by atoms with Crippen LogP contribution in [0.3, 0.4) is 0 Å². The molecule has 212 valence electrons. The first kappa shape index (κ1) is 27.9. The standard InChI is InChI=1S/C25H19F5N8O2S/c1-4-41(39,40)23-19(22-34-18-9-16(12-32-21(18)36(22)2)24(26,27)25(28,29)30)35-20(37(23)3)15-11-33-38(13-15)17-7-5-6-14(8-17)10-31/h5-9,11-13H,4H2,1-3H3. The van der Waals surface area contributed by atoms with Gasteiger partial charge in [-0.2, -0.15) is 32.3 Å². The number of nitriles is 1. The number of pyridine rings is 1. The van der Waals surface area contributed by atoms with Gasteiger partial charge in [0.05, 0.1) is 40.4 Å². The maximum absolute atomic E-state index is 14.0. The van der Waals surface area contributed by atoms with E-state index in [1.54, 1.807) is 30.5 Å². The van der Waals surface area contributed by atoms with Crippen LogP contribution < -0.4 is 0 Å². The third-order valence-electron chi connectivity index (χ3n) is 6.44. The van der Waals surface area contributed by atoms with Crippen molar-refractivity contribution in [2.24, 2.45) is 14.1 Å². The molecule has 0 radical (unpaired) electrons. The topological polar surface area (TPSA) is 124 Å². The third kappa shape index (κ3) is 4.51. The van der Waals surface area contributed by atoms with Gasteiger partial charge in [-0.05, 0) is 24.3 Å². The monoisotopic (exact) mass is 590 g/mol. The molecule has 0 atom stereocenters. The molecule has 5 rings (SSSR count). The zero-order valence-electron chi connectivity index (χ0n) is 21.5. The number of aromatic nitrogens is 7. The minimum atomic E-state index is -5.85. The average Bonchev–Trinajstić information content (AvgIpc) is 3.63. The van der Waals surface area contributed by atoms with E-state index >= 15 is 0 Å². The number of rotatable bonds is 6. The quantitative estimate of drug-likeness (QED) is 0.266. The summed E-state index contributed by atoms with van der Waals surface area (Å²) in [6.07, 6.45) is -2.43. The average molecular weight is 591 g/mol. The molecule has 41 heavy (non-hydrogen) atoms. The predicted molar refractivity (Wildman–Crippen MR) is 136 cm³/mol. The molecule has 0 unspecified atom stereocenters. The summed E-state index contributed by atoms with van der Waals surface area (Å²) < 4.78 is 97.2. The van der Waals surface area contributed by atoms with Gasteiger partial charge in [-0.1, -0.05) is 13.0 Å². The van der Waals surface area contributed by atoms with Crippen LogP contribution in [0.15, 0.2) is 53.9 Å². The number of nitrogens with zero attached hydrogens (tertiary/aromatic N) is 8. The Bertz CT molecular complexity index is 1970. The summed E-state index contributed by atoms with van der Waals surface area (Å²) >= 11 is 0. The second-order valence-electron chi connectivity index (χ2n) is 9.02. The van der Waals surface area contributed by atoms with Gasteiger partial charge >= 0.3 is 12.1 Å². The van der Waals surface area contributed by atoms with E-state index in [0.717, 1.165) is 0 Å². The van der Waals surface area contributed by atoms with E-state index in [-0.39, 0.29) is 39.3 Å². The van der Waals surface area contributed by atoms with Gasteiger partial charge in [0.15, 0.2) is 26.3 Å². The lowest BCUT2D eigenvalue weighted by molar-refractivity contribution is -0.289. The molecule has 0 aliphatic heterocycles. The summed E-state index contributed by atoms with van der Waals surface area (Å²) in [5.74, 6) is -5.43. The Morgan fingerprint density at radius 1 is 1.00 bits per heavy atom. The van der Waals surface area contributed by atoms with Crippen LogP contribution in [-0.4, -0.2) is 54.2 Å². The molecule has 4 heterocycles. The second kappa shape index (κ2) is 9.47. The van der Waals surface area contributed by atoms with Crippen molar-refractivity contribution in [2.45, 2.75) is 24.0 Å². The zero-order chi connectivity index (χ0) is 29.9. The van der Waals surface area contributed by atoms with Gasteiger partial charge in [0, 0.05) is 26.5 Å². The van der Waals surface area contributed by atoms with Crippen LogP contribution in [0.1, 0.15) is 18.1 Å². The first-order valence-corrected chi connectivity index (χ1v) is 13.5. The highest BCUT2D eigenvalue weighted by molar-refractivity contribution is 7.91. The predicted octanol–water partition coefficient (Wildman–Crippen LogP) is 4.54. The Balaban J connectivity index is 1.68. The number of hydrogen-bond donors (Lipinski definition) is 0. The fraction of sp³-hybridized carbons (Fsp3) is 0.240. The molecule has 10 nitrogen and oxygen atoms in total. The number of fused-ring (bicyclic) bond motifs is 1. The molecule has 16 heteroatoms. The molecule has 0 amide bonds. The van der Waals surface area contributed by atoms with E-state index in [4.69, 9.17) is 0 Å². The van der Waals surface area contributed by atoms with Crippen molar-refractivity contribution in [3.8, 4) is 34.7 Å². The highest BCUT2D eigenvalue weighted by Gasteiger charge is 2.59. The lowest BCUT2D eigenvalue weighted by Gasteiger charge is -2.19. The largest absolute Gasteiger partial charge is 0.458 e. The van der Waals surface area contributed by atoms with Crippen LogP contribution in [0, 0.1) is 11.3 Å². The number of sulfone groups is 1. The van der Waals surface area contributed by atoms with Gasteiger partial charge in [0.1, 0.15) is 17.0 Å². The summed E-state index contributed by atoms with van der Waals surface area (Å²) in [4.78, 5) is 12.4. The van der Waals surface area contributed by atoms with Crippen molar-refractivity contribution < 1.29 is 30.4 Å². The van der Waals surface area contributed by atoms with E-state index < -0.39 is 27.5 Å². The number of alkyl halides is 5. The number of hydrogen-bond acceptors (Lipinski definition) is 7. The Morgan fingerprint density at radius 2 is 1.73 bits per heavy atom. The minimum absolute atomic E-state index is 0.0565. The number of halogens is 5. The van der Waals surface area contributed by atoms with E-state index in [9.17, 15) is 35.6 Å². The van der Waals surface area contributed by atoms with Crippen molar-refractivity contribution in [2.75, 3.05) is 5.75 Å². The van der Waals surface area contributed by atoms with Crippen LogP contribution in [0.5, 0.6) is 0 Å². The molecule has 0 saturated carbocycles. The SMILES string of the molecule is CCS(=O)(=O)c1c(-c2nc3cc(C(F)(F)C(F)(F)F)cnc3n2C)nc(-c2cnn(-c3cccc(C#N)c3)c2)n1C. The highest BCUT2D eigenvalue weighted by atomic mass is 32.2. The Morgan fingerprint density at radius 3 is 2.39 bits per heavy atom. The van der Waals surface area contributed by atoms with Gasteiger partial charge in [-0.3, -0.25) is 0 Å². The summed E-state index contributed by atoms with van der Waals surface area (Å²) in [5, 5.41) is 13.2. The van der Waals surface area contributed by atoms with Gasteiger partial charge in [-0.15, -0.1) is 0 Å². The fourth-order valence-electron chi connectivity index (χ4n) is 4.30. The van der Waals surface area contributed by atoms with Crippen LogP contribution in [0.4, 0.5) is 22.0 Å². The molecule has 0 N–H and O–H groups in total. The van der Waals surface area contributed by atoms with Crippen molar-refractivity contribution in [1.82, 2.24) is 33.9 Å². The smallest absolute Gasteiger partial charge is 0.318 e. The van der Waals surface area contributed by atoms with Gasteiger partial charge < -0.3 is 9.13 Å². The summed E-state index contributed by atoms with van der Waals surface area (Å²) in [5.41, 5.74) is -0.537. The maximum Gasteiger partial charge on any atom is 0.458 e. The second-order valence-corrected chi connectivity index (χ2v) is 11.2. The molecule has 0 aliphatic rings. The normalized spacial score (nSPS) is 12.7. The van der Waals surface area contributed by atoms with Crippen LogP contribution in [0.2, 0.25) is 0 Å². The molecule has 0 bridgehead atoms. The van der Waals surface area contributed by atoms with E-state index in [1.807, 2.05) is 6.07 Å². The lowest BCUT2D eigenvalue weighted by atomic mass is 10.1. The molecule has 0 saturated heterocycles. The van der Waals surface area contributed by atoms with Crippen molar-refractivity contribution in [3.63, 3.8) is 0 Å². The first-order valence-electron chi connectivity index (χ1n) is 11.8. The molecule has 4 aromatic heterocycles. The van der Waals surface area contributed by atoms with Crippen molar-refractivity contribution >= 4 is 21.0 Å². The van der Waals surface area contributed by atoms with Crippen LogP contribution in [0.25, 0.3) is 39.8 Å². The Kier molecular flexibility index (Phi) is 6.45.